The fourth-order valence-electron chi connectivity index (χ4n) is 8.29. The maximum Gasteiger partial charge on any atom is 2.00 e. The number of aryl methyl sites for hydroxylation is 2. The molecule has 0 radical (unpaired) electrons. The number of aromatic nitrogens is 4. The third-order valence-electron chi connectivity index (χ3n) is 11.3. The van der Waals surface area contributed by atoms with Gasteiger partial charge in [-0.1, -0.05) is 49.2 Å². The summed E-state index contributed by atoms with van der Waals surface area (Å²) < 4.78 is 0. The molecular formula is C40H44FeN4O12. The van der Waals surface area contributed by atoms with Gasteiger partial charge < -0.3 is 40.6 Å². The molecular weight excluding hydrogens is 784 g/mol. The molecule has 57 heavy (non-hydrogen) atoms. The molecule has 4 atom stereocenters. The van der Waals surface area contributed by atoms with Crippen molar-refractivity contribution in [1.29, 1.82) is 0 Å². The largest absolute Gasteiger partial charge is 2.00 e. The normalized spacial score (nSPS) is 20.7. The first kappa shape index (κ1) is 44.2. The smallest absolute Gasteiger partial charge is 0.664 e. The van der Waals surface area contributed by atoms with Crippen LogP contribution in [-0.2, 0) is 63.1 Å². The number of hydrogen-bond donors (Lipinski definition) is 6. The zero-order valence-electron chi connectivity index (χ0n) is 31.8. The maximum absolute atomic E-state index is 12.5. The van der Waals surface area contributed by atoms with Gasteiger partial charge in [-0.15, -0.1) is 11.0 Å². The van der Waals surface area contributed by atoms with E-state index in [0.29, 0.717) is 50.4 Å². The number of aliphatic carboxylic acids is 6. The number of hydrogen-bond acceptors (Lipinski definition) is 8. The SMILES string of the molecule is CC1=C(CCC(=O)O)c2cc3[n-]c(cc4nc(cc5[n-]c(cc1n2)[C@@H](CCC(=O)O)[C@]5(C)CC(=O)O)[C@@H](CCC(=O)O)[C@]4(C)CC(=O)O)c(C)c3CCC(=O)O.[Fe+2]. The zero-order valence-corrected chi connectivity index (χ0v) is 32.9. The van der Waals surface area contributed by atoms with Crippen molar-refractivity contribution in [3.05, 3.63) is 69.6 Å². The monoisotopic (exact) mass is 828 g/mol. The van der Waals surface area contributed by atoms with Crippen LogP contribution in [-0.4, -0.2) is 76.4 Å². The molecule has 0 aromatic carbocycles. The first-order valence-corrected chi connectivity index (χ1v) is 18.2. The number of nitrogens with zero attached hydrogens (tertiary/aromatic N) is 4. The first-order valence-electron chi connectivity index (χ1n) is 18.2. The van der Waals surface area contributed by atoms with Gasteiger partial charge in [0.15, 0.2) is 0 Å². The summed E-state index contributed by atoms with van der Waals surface area (Å²) in [6.07, 6.45) is -1.98. The summed E-state index contributed by atoms with van der Waals surface area (Å²) in [7, 11) is 0. The molecule has 8 bridgehead atoms. The molecule has 3 aliphatic heterocycles. The van der Waals surface area contributed by atoms with E-state index in [1.54, 1.807) is 52.0 Å². The van der Waals surface area contributed by atoms with Gasteiger partial charge in [0.2, 0.25) is 0 Å². The molecule has 0 unspecified atom stereocenters. The van der Waals surface area contributed by atoms with Gasteiger partial charge in [-0.05, 0) is 62.0 Å². The van der Waals surface area contributed by atoms with Gasteiger partial charge >= 0.3 is 52.9 Å². The standard InChI is InChI=1S/C40H46N4O12.Fe/c1-19-21(5-9-33(45)46)27-14-28-22(6-10-34(47)48)20(2)26(42-28)15-31-40(4,18-38(55)56)24(8-12-36(51)52)30(44-31)16-32-39(3,17-37(53)54)23(7-11-35(49)50)29(43-32)13-25(19)41-27;/h13-16,23-24H,5-12,17-18H2,1-4H3,(H8,41,42,43,44,45,46,47,48,49,50,51,52,53,54,55,56);/q;+2/p-2/t23-,24-,39+,40+;/m1./s1. The summed E-state index contributed by atoms with van der Waals surface area (Å²) in [5.41, 5.74) is 2.30. The second-order valence-corrected chi connectivity index (χ2v) is 15.1. The van der Waals surface area contributed by atoms with Gasteiger partial charge in [0.1, 0.15) is 0 Å². The van der Waals surface area contributed by atoms with Crippen LogP contribution in [0, 0.1) is 6.92 Å². The number of carboxylic acids is 6. The van der Waals surface area contributed by atoms with Crippen LogP contribution in [0.15, 0.2) is 24.3 Å². The van der Waals surface area contributed by atoms with Crippen LogP contribution >= 0.6 is 0 Å². The molecule has 2 aromatic heterocycles. The number of fused-ring (bicyclic) bond motifs is 8. The van der Waals surface area contributed by atoms with Crippen molar-refractivity contribution < 1.29 is 76.5 Å². The van der Waals surface area contributed by atoms with E-state index in [4.69, 9.17) is 19.9 Å². The van der Waals surface area contributed by atoms with Crippen molar-refractivity contribution in [2.24, 2.45) is 0 Å². The van der Waals surface area contributed by atoms with Crippen LogP contribution in [0.3, 0.4) is 0 Å². The van der Waals surface area contributed by atoms with Gasteiger partial charge in [0, 0.05) is 48.4 Å². The predicted molar refractivity (Wildman–Crippen MR) is 199 cm³/mol. The number of carboxylic acid groups (broad SMARTS) is 6. The summed E-state index contributed by atoms with van der Waals surface area (Å²) >= 11 is 0. The molecule has 5 rings (SSSR count). The van der Waals surface area contributed by atoms with Crippen LogP contribution in [0.4, 0.5) is 0 Å². The fraction of sp³-hybridized carbons (Fsp3) is 0.450. The summed E-state index contributed by atoms with van der Waals surface area (Å²) in [5.74, 6) is -8.27. The van der Waals surface area contributed by atoms with E-state index < -0.39 is 71.3 Å². The van der Waals surface area contributed by atoms with E-state index in [1.165, 1.54) is 0 Å². The van der Waals surface area contributed by atoms with Gasteiger partial charge in [-0.25, -0.2) is 4.98 Å². The molecule has 0 saturated heterocycles. The molecule has 6 N–H and O–H groups in total. The Bertz CT molecular complexity index is 2240. The maximum atomic E-state index is 12.5. The minimum absolute atomic E-state index is 0. The Balaban J connectivity index is 0.00000720. The van der Waals surface area contributed by atoms with Crippen LogP contribution in [0.2, 0.25) is 0 Å². The van der Waals surface area contributed by atoms with E-state index in [0.717, 1.165) is 0 Å². The predicted octanol–water partition coefficient (Wildman–Crippen LogP) is 5.18. The van der Waals surface area contributed by atoms with Crippen LogP contribution in [0.25, 0.3) is 22.2 Å². The van der Waals surface area contributed by atoms with Crippen LogP contribution < -0.4 is 9.97 Å². The molecule has 0 spiro atoms. The Morgan fingerprint density at radius 3 is 1.77 bits per heavy atom. The third kappa shape index (κ3) is 9.37. The number of rotatable bonds is 16. The van der Waals surface area contributed by atoms with Crippen molar-refractivity contribution in [1.82, 2.24) is 19.9 Å². The third-order valence-corrected chi connectivity index (χ3v) is 11.3. The van der Waals surface area contributed by atoms with Crippen molar-refractivity contribution in [3.63, 3.8) is 0 Å². The minimum Gasteiger partial charge on any atom is -0.664 e. The van der Waals surface area contributed by atoms with Crippen molar-refractivity contribution in [2.75, 3.05) is 0 Å². The van der Waals surface area contributed by atoms with Gasteiger partial charge in [-0.3, -0.25) is 33.8 Å². The number of allylic oxidation sites excluding steroid dienone is 2. The van der Waals surface area contributed by atoms with E-state index in [9.17, 15) is 59.4 Å². The Morgan fingerprint density at radius 2 is 1.19 bits per heavy atom. The Labute approximate surface area is 337 Å². The Hall–Kier alpha value is -5.54. The van der Waals surface area contributed by atoms with E-state index >= 15 is 0 Å². The summed E-state index contributed by atoms with van der Waals surface area (Å²) in [4.78, 5) is 91.8. The quantitative estimate of drug-likeness (QED) is 0.119. The molecule has 16 nitrogen and oxygen atoms in total. The van der Waals surface area contributed by atoms with E-state index in [-0.39, 0.29) is 85.5 Å². The zero-order chi connectivity index (χ0) is 41.3. The number of carbonyl (C=O) groups is 6. The van der Waals surface area contributed by atoms with Gasteiger partial charge in [0.05, 0.1) is 24.2 Å². The molecule has 0 saturated carbocycles. The molecule has 0 aliphatic carbocycles. The van der Waals surface area contributed by atoms with Crippen molar-refractivity contribution in [2.45, 2.75) is 115 Å². The van der Waals surface area contributed by atoms with Crippen molar-refractivity contribution >= 4 is 58.0 Å². The average Bonchev–Trinajstić information content (AvgIpc) is 3.70. The van der Waals surface area contributed by atoms with E-state index in [2.05, 4.69) is 0 Å². The molecule has 3 aliphatic rings. The molecule has 2 aromatic rings. The fourth-order valence-corrected chi connectivity index (χ4v) is 8.29. The molecule has 0 amide bonds. The topological polar surface area (TPSA) is 278 Å². The molecule has 5 heterocycles. The molecule has 0 fully saturated rings. The first-order chi connectivity index (χ1) is 26.2. The Morgan fingerprint density at radius 1 is 0.632 bits per heavy atom. The van der Waals surface area contributed by atoms with Crippen LogP contribution in [0.1, 0.15) is 136 Å². The van der Waals surface area contributed by atoms with Crippen molar-refractivity contribution in [3.8, 4) is 0 Å². The Kier molecular flexibility index (Phi) is 13.4. The van der Waals surface area contributed by atoms with Crippen LogP contribution in [0.5, 0.6) is 0 Å². The molecule has 17 heteroatoms. The van der Waals surface area contributed by atoms with Gasteiger partial charge in [-0.2, -0.15) is 11.4 Å². The summed E-state index contributed by atoms with van der Waals surface area (Å²) in [6.45, 7) is 6.82. The summed E-state index contributed by atoms with van der Waals surface area (Å²) in [6, 6.07) is 6.45. The second kappa shape index (κ2) is 17.3. The van der Waals surface area contributed by atoms with Gasteiger partial charge in [0.25, 0.3) is 0 Å². The van der Waals surface area contributed by atoms with E-state index in [1.807, 2.05) is 0 Å². The summed E-state index contributed by atoms with van der Waals surface area (Å²) in [5, 5.41) is 59.0. The molecule has 304 valence electrons. The average molecular weight is 829 g/mol. The minimum atomic E-state index is -1.31. The second-order valence-electron chi connectivity index (χ2n) is 15.1.